The molecule has 0 atom stereocenters. The standard InChI is InChI=1S/3C5H10N.C5H6N.CN.4Cu.H2N.O.3H2S.W/c4*1-2-4-6-5-3-1;1-2;;;;;;;;;;/h3*1-5H2;1-4H,5H2;;;;;;1H2;;3*1H2;/q5*-1;;3*+2;-1;;;;;/p-3. The Bertz CT molecular complexity index is 312. The van der Waals surface area contributed by atoms with Crippen molar-refractivity contribution in [2.24, 2.45) is 0 Å². The van der Waals surface area contributed by atoms with Crippen LogP contribution in [-0.4, -0.2) is 45.8 Å². The van der Waals surface area contributed by atoms with Crippen LogP contribution < -0.4 is 0 Å². The molecule has 0 aliphatic carbocycles. The van der Waals surface area contributed by atoms with Crippen LogP contribution in [0.15, 0.2) is 24.4 Å². The van der Waals surface area contributed by atoms with Gasteiger partial charge >= 0.3 is 74.4 Å². The van der Waals surface area contributed by atoms with E-state index in [9.17, 15) is 0 Å². The van der Waals surface area contributed by atoms with Crippen LogP contribution in [0, 0.1) is 11.8 Å². The third-order valence-electron chi connectivity index (χ3n) is 4.05. The first kappa shape index (κ1) is 66.5. The van der Waals surface area contributed by atoms with Crippen molar-refractivity contribution in [3.05, 3.63) is 58.4 Å². The molecule has 2 N–H and O–H groups in total. The minimum absolute atomic E-state index is 0. The summed E-state index contributed by atoms with van der Waals surface area (Å²) in [7, 11) is 0. The molecule has 4 rings (SSSR count). The van der Waals surface area contributed by atoms with Gasteiger partial charge in [-0.1, -0.05) is 69.9 Å². The quantitative estimate of drug-likeness (QED) is 0.129. The molecule has 0 saturated carbocycles. The molecule has 0 aromatic heterocycles. The molecule has 7 nitrogen and oxygen atoms in total. The summed E-state index contributed by atoms with van der Waals surface area (Å²) in [6.07, 6.45) is 20.0. The van der Waals surface area contributed by atoms with Crippen LogP contribution in [-0.2, 0) is 132 Å². The predicted molar refractivity (Wildman–Crippen MR) is 145 cm³/mol. The molecule has 0 amide bonds. The molecule has 4 aliphatic heterocycles. The Morgan fingerprint density at radius 1 is 0.583 bits per heavy atom. The fourth-order valence-corrected chi connectivity index (χ4v) is 2.58. The molecule has 0 unspecified atom stereocenters. The summed E-state index contributed by atoms with van der Waals surface area (Å²) >= 11 is 0.333. The second-order valence-electron chi connectivity index (χ2n) is 6.33. The van der Waals surface area contributed by atoms with Crippen LogP contribution in [0.3, 0.4) is 0 Å². The molecule has 3 fully saturated rings. The first-order valence-electron chi connectivity index (χ1n) is 10.3. The maximum absolute atomic E-state index is 8.33. The molecule has 15 heteroatoms. The van der Waals surface area contributed by atoms with Crippen molar-refractivity contribution in [3.8, 4) is 0 Å². The van der Waals surface area contributed by atoms with E-state index in [4.69, 9.17) is 15.2 Å². The Hall–Kier alpha value is 2.23. The van der Waals surface area contributed by atoms with Gasteiger partial charge in [0, 0.05) is 17.1 Å². The van der Waals surface area contributed by atoms with Crippen LogP contribution in [0.4, 0.5) is 0 Å². The average Bonchev–Trinajstić information content (AvgIpc) is 2.87. The van der Waals surface area contributed by atoms with Gasteiger partial charge in [-0.05, 0) is 0 Å². The number of allylic oxidation sites excluding steroid dienone is 2. The maximum Gasteiger partial charge on any atom is -0.813 e. The van der Waals surface area contributed by atoms with Crippen LogP contribution in [0.25, 0.3) is 27.4 Å². The second kappa shape index (κ2) is 71.0. The van der Waals surface area contributed by atoms with E-state index in [-0.39, 0.29) is 115 Å². The Balaban J connectivity index is -0.0000000279. The zero-order chi connectivity index (χ0) is 21.0. The molecule has 232 valence electrons. The van der Waals surface area contributed by atoms with Gasteiger partial charge < -0.3 is 79.7 Å². The maximum atomic E-state index is 8.33. The first-order chi connectivity index (χ1) is 14.0. The second-order valence-corrected chi connectivity index (χ2v) is 6.33. The third kappa shape index (κ3) is 65.4. The number of nitrogens with two attached hydrogens (primary N) is 1. The van der Waals surface area contributed by atoms with E-state index >= 15 is 0 Å². The van der Waals surface area contributed by atoms with Crippen molar-refractivity contribution in [2.75, 3.05) is 45.8 Å². The van der Waals surface area contributed by atoms with Gasteiger partial charge in [-0.15, -0.1) is 51.9 Å². The molecular formula is C21H41Cu4N6OS3W-3. The van der Waals surface area contributed by atoms with Gasteiger partial charge in [0.25, 0.3) is 0 Å². The van der Waals surface area contributed by atoms with Crippen LogP contribution in [0.1, 0.15) is 57.8 Å². The predicted octanol–water partition coefficient (Wildman–Crippen LogP) is 5.95. The van der Waals surface area contributed by atoms with Crippen molar-refractivity contribution in [1.29, 1.82) is 5.26 Å². The molecular weight excluding hydrogens is 886 g/mol. The van der Waals surface area contributed by atoms with Gasteiger partial charge in [0.2, 0.25) is 0 Å². The van der Waals surface area contributed by atoms with E-state index in [1.54, 1.807) is 6.20 Å². The average molecular weight is 928 g/mol. The first-order valence-corrected chi connectivity index (χ1v) is 11.5. The molecule has 4 heterocycles. The summed E-state index contributed by atoms with van der Waals surface area (Å²) in [5.41, 5.74) is 0. The fraction of sp³-hybridized carbons (Fsp3) is 0.762. The van der Waals surface area contributed by atoms with Crippen molar-refractivity contribution in [2.45, 2.75) is 57.8 Å². The summed E-state index contributed by atoms with van der Waals surface area (Å²) in [4.78, 5) is 0. The summed E-state index contributed by atoms with van der Waals surface area (Å²) in [5.74, 6) is 0. The van der Waals surface area contributed by atoms with Gasteiger partial charge in [0.1, 0.15) is 0 Å². The minimum atomic E-state index is 0. The Labute approximate surface area is 296 Å². The summed E-state index contributed by atoms with van der Waals surface area (Å²) in [6, 6.07) is 0. The molecule has 0 spiro atoms. The molecule has 0 bridgehead atoms. The van der Waals surface area contributed by atoms with Crippen molar-refractivity contribution >= 4 is 40.5 Å². The number of hydrogen-bond donors (Lipinski definition) is 0. The van der Waals surface area contributed by atoms with Crippen molar-refractivity contribution < 1.29 is 91.4 Å². The summed E-state index contributed by atoms with van der Waals surface area (Å²) in [5, 5.41) is 22.7. The van der Waals surface area contributed by atoms with Crippen molar-refractivity contribution in [1.82, 2.24) is 0 Å². The zero-order valence-electron chi connectivity index (χ0n) is 20.3. The van der Waals surface area contributed by atoms with E-state index < -0.39 is 0 Å². The molecule has 3 saturated heterocycles. The van der Waals surface area contributed by atoms with Crippen LogP contribution >= 0.6 is 0 Å². The van der Waals surface area contributed by atoms with Gasteiger partial charge in [-0.2, -0.15) is 6.20 Å². The largest absolute Gasteiger partial charge is 0.813 e. The van der Waals surface area contributed by atoms with Gasteiger partial charge in [-0.25, -0.2) is 0 Å². The molecule has 0 aromatic rings. The van der Waals surface area contributed by atoms with Crippen LogP contribution in [0.5, 0.6) is 0 Å². The smallest absolute Gasteiger partial charge is 0.813 e. The number of rotatable bonds is 0. The molecule has 4 radical (unpaired) electrons. The van der Waals surface area contributed by atoms with E-state index in [2.05, 4.69) is 21.3 Å². The number of hydrogen-bond acceptors (Lipinski definition) is 5. The van der Waals surface area contributed by atoms with E-state index in [0.29, 0.717) is 19.8 Å². The van der Waals surface area contributed by atoms with E-state index in [1.165, 1.54) is 57.8 Å². The topological polar surface area (TPSA) is 131 Å². The Kier molecular flexibility index (Phi) is 131. The Morgan fingerprint density at radius 2 is 0.861 bits per heavy atom. The number of nitrogens with zero attached hydrogens (tertiary/aromatic N) is 5. The monoisotopic (exact) mass is 925 g/mol. The molecule has 36 heavy (non-hydrogen) atoms. The fourth-order valence-electron chi connectivity index (χ4n) is 2.58. The SMILES string of the molecule is C1=CC[N-]C=C1.C1CC[N-]CC1.C1CC[N-]CC1.C1CC[N-]CC1.[C-]#N.[Cu+2].[Cu+2].[Cu+2].[Cu].[NH2-].[O]=[W].[SH-].[SH-].[SH-]. The number of piperidine rings is 3. The molecule has 0 aromatic carbocycles. The molecule has 4 aliphatic rings. The summed E-state index contributed by atoms with van der Waals surface area (Å²) in [6.45, 7) is 12.4. The van der Waals surface area contributed by atoms with E-state index in [0.717, 1.165) is 45.8 Å². The van der Waals surface area contributed by atoms with E-state index in [1.807, 2.05) is 18.2 Å². The Morgan fingerprint density at radius 3 is 0.917 bits per heavy atom. The van der Waals surface area contributed by atoms with Gasteiger partial charge in [0.15, 0.2) is 0 Å². The third-order valence-corrected chi connectivity index (χ3v) is 4.05. The minimum Gasteiger partial charge on any atom is -0.813 e. The van der Waals surface area contributed by atoms with Crippen LogP contribution in [0.2, 0.25) is 0 Å². The summed E-state index contributed by atoms with van der Waals surface area (Å²) < 4.78 is 8.33. The van der Waals surface area contributed by atoms with Gasteiger partial charge in [0.05, 0.1) is 0 Å². The number of thiol groups is 3. The zero-order valence-corrected chi connectivity index (χ0v) is 29.7. The normalized spacial score (nSPS) is 15.1. The van der Waals surface area contributed by atoms with Gasteiger partial charge in [-0.3, -0.25) is 0 Å². The van der Waals surface area contributed by atoms with Crippen molar-refractivity contribution in [3.63, 3.8) is 0 Å².